The van der Waals surface area contributed by atoms with E-state index in [2.05, 4.69) is 10.6 Å². The molecule has 8 heteroatoms. The van der Waals surface area contributed by atoms with Gasteiger partial charge in [0.1, 0.15) is 11.5 Å². The molecule has 0 atom stereocenters. The summed E-state index contributed by atoms with van der Waals surface area (Å²) in [6, 6.07) is 6.51. The van der Waals surface area contributed by atoms with E-state index in [1.165, 1.54) is 33.7 Å². The fourth-order valence-electron chi connectivity index (χ4n) is 2.12. The van der Waals surface area contributed by atoms with Crippen molar-refractivity contribution in [3.05, 3.63) is 41.9 Å². The van der Waals surface area contributed by atoms with Gasteiger partial charge in [0.05, 0.1) is 46.2 Å². The van der Waals surface area contributed by atoms with Gasteiger partial charge in [-0.25, -0.2) is 0 Å². The fraction of sp³-hybridized carbons (Fsp3) is 0.294. The molecule has 2 amide bonds. The van der Waals surface area contributed by atoms with E-state index in [1.807, 2.05) is 0 Å². The predicted molar refractivity (Wildman–Crippen MR) is 89.0 cm³/mol. The summed E-state index contributed by atoms with van der Waals surface area (Å²) in [4.78, 5) is 24.2. The Balaban J connectivity index is 1.98. The van der Waals surface area contributed by atoms with Crippen molar-refractivity contribution in [2.24, 2.45) is 0 Å². The highest BCUT2D eigenvalue weighted by atomic mass is 16.5. The SMILES string of the molecule is COc1cc(OC)c(C(=O)NCC(=O)NCc2ccco2)cc1OC. The lowest BCUT2D eigenvalue weighted by Gasteiger charge is -2.14. The highest BCUT2D eigenvalue weighted by Crippen LogP contribution is 2.34. The molecule has 0 spiro atoms. The molecule has 1 aromatic carbocycles. The first kappa shape index (κ1) is 18.2. The minimum Gasteiger partial charge on any atom is -0.496 e. The van der Waals surface area contributed by atoms with E-state index in [9.17, 15) is 9.59 Å². The Hall–Kier alpha value is -3.16. The molecule has 0 saturated heterocycles. The van der Waals surface area contributed by atoms with Crippen molar-refractivity contribution >= 4 is 11.8 Å². The molecule has 0 radical (unpaired) electrons. The normalized spacial score (nSPS) is 10.0. The van der Waals surface area contributed by atoms with Gasteiger partial charge in [0.2, 0.25) is 5.91 Å². The van der Waals surface area contributed by atoms with Crippen molar-refractivity contribution in [1.29, 1.82) is 0 Å². The average Bonchev–Trinajstić information content (AvgIpc) is 3.16. The van der Waals surface area contributed by atoms with Crippen molar-refractivity contribution in [2.75, 3.05) is 27.9 Å². The van der Waals surface area contributed by atoms with Gasteiger partial charge in [0, 0.05) is 12.1 Å². The lowest BCUT2D eigenvalue weighted by atomic mass is 10.1. The van der Waals surface area contributed by atoms with Gasteiger partial charge in [-0.15, -0.1) is 0 Å². The third-order valence-corrected chi connectivity index (χ3v) is 3.40. The fourth-order valence-corrected chi connectivity index (χ4v) is 2.12. The Labute approximate surface area is 145 Å². The molecule has 2 N–H and O–H groups in total. The van der Waals surface area contributed by atoms with Gasteiger partial charge in [-0.3, -0.25) is 9.59 Å². The summed E-state index contributed by atoms with van der Waals surface area (Å²) < 4.78 is 20.7. The number of rotatable bonds is 8. The first-order valence-corrected chi connectivity index (χ1v) is 7.46. The van der Waals surface area contributed by atoms with Crippen LogP contribution in [-0.4, -0.2) is 39.7 Å². The summed E-state index contributed by atoms with van der Waals surface area (Å²) >= 11 is 0. The van der Waals surface area contributed by atoms with Gasteiger partial charge in [0.15, 0.2) is 11.5 Å². The number of benzene rings is 1. The highest BCUT2D eigenvalue weighted by molar-refractivity contribution is 5.99. The van der Waals surface area contributed by atoms with Crippen molar-refractivity contribution in [3.8, 4) is 17.2 Å². The molecule has 25 heavy (non-hydrogen) atoms. The van der Waals surface area contributed by atoms with E-state index >= 15 is 0 Å². The van der Waals surface area contributed by atoms with Crippen molar-refractivity contribution in [2.45, 2.75) is 6.54 Å². The maximum atomic E-state index is 12.3. The van der Waals surface area contributed by atoms with E-state index in [-0.39, 0.29) is 24.6 Å². The standard InChI is InChI=1S/C17H20N2O6/c1-22-13-8-15(24-3)14(23-2)7-12(13)17(21)19-10-16(20)18-9-11-5-4-6-25-11/h4-8H,9-10H2,1-3H3,(H,18,20)(H,19,21). The molecule has 1 aromatic heterocycles. The quantitative estimate of drug-likeness (QED) is 0.747. The van der Waals surface area contributed by atoms with Gasteiger partial charge in [-0.1, -0.05) is 0 Å². The van der Waals surface area contributed by atoms with Crippen LogP contribution in [0.4, 0.5) is 0 Å². The lowest BCUT2D eigenvalue weighted by molar-refractivity contribution is -0.120. The molecule has 134 valence electrons. The van der Waals surface area contributed by atoms with E-state index in [4.69, 9.17) is 18.6 Å². The summed E-state index contributed by atoms with van der Waals surface area (Å²) in [5, 5.41) is 5.17. The first-order valence-electron chi connectivity index (χ1n) is 7.46. The minimum absolute atomic E-state index is 0.183. The Morgan fingerprint density at radius 1 is 1.00 bits per heavy atom. The largest absolute Gasteiger partial charge is 0.496 e. The van der Waals surface area contributed by atoms with Gasteiger partial charge in [-0.05, 0) is 12.1 Å². The maximum Gasteiger partial charge on any atom is 0.255 e. The van der Waals surface area contributed by atoms with Gasteiger partial charge >= 0.3 is 0 Å². The third-order valence-electron chi connectivity index (χ3n) is 3.40. The average molecular weight is 348 g/mol. The van der Waals surface area contributed by atoms with E-state index in [0.29, 0.717) is 23.0 Å². The molecule has 0 aliphatic heterocycles. The highest BCUT2D eigenvalue weighted by Gasteiger charge is 2.18. The summed E-state index contributed by atoms with van der Waals surface area (Å²) in [6.45, 7) is 0.0679. The number of hydrogen-bond acceptors (Lipinski definition) is 6. The monoisotopic (exact) mass is 348 g/mol. The zero-order chi connectivity index (χ0) is 18.2. The zero-order valence-corrected chi connectivity index (χ0v) is 14.3. The molecule has 8 nitrogen and oxygen atoms in total. The van der Waals surface area contributed by atoms with Crippen LogP contribution >= 0.6 is 0 Å². The second kappa shape index (κ2) is 8.62. The topological polar surface area (TPSA) is 99.0 Å². The van der Waals surface area contributed by atoms with Crippen LogP contribution in [0.3, 0.4) is 0 Å². The van der Waals surface area contributed by atoms with Crippen LogP contribution in [0.5, 0.6) is 17.2 Å². The molecule has 0 unspecified atom stereocenters. The van der Waals surface area contributed by atoms with Crippen LogP contribution in [-0.2, 0) is 11.3 Å². The number of hydrogen-bond donors (Lipinski definition) is 2. The minimum atomic E-state index is -0.467. The Morgan fingerprint density at radius 2 is 1.68 bits per heavy atom. The molecule has 0 bridgehead atoms. The van der Waals surface area contributed by atoms with Crippen LogP contribution < -0.4 is 24.8 Å². The molecule has 2 aromatic rings. The maximum absolute atomic E-state index is 12.3. The first-order chi connectivity index (χ1) is 12.1. The van der Waals surface area contributed by atoms with Gasteiger partial charge in [-0.2, -0.15) is 0 Å². The van der Waals surface area contributed by atoms with Gasteiger partial charge < -0.3 is 29.3 Å². The Bertz CT molecular complexity index is 727. The number of carbonyl (C=O) groups is 2. The molecule has 0 fully saturated rings. The van der Waals surface area contributed by atoms with Crippen LogP contribution in [0.1, 0.15) is 16.1 Å². The molecule has 0 saturated carbocycles. The van der Waals surface area contributed by atoms with Crippen molar-refractivity contribution in [3.63, 3.8) is 0 Å². The Kier molecular flexibility index (Phi) is 6.27. The molecule has 1 heterocycles. The summed E-state index contributed by atoms with van der Waals surface area (Å²) in [6.07, 6.45) is 1.52. The second-order valence-corrected chi connectivity index (χ2v) is 4.95. The summed E-state index contributed by atoms with van der Waals surface area (Å²) in [7, 11) is 4.39. The van der Waals surface area contributed by atoms with E-state index < -0.39 is 5.91 Å². The number of nitrogens with one attached hydrogen (secondary N) is 2. The molecule has 0 aliphatic carbocycles. The smallest absolute Gasteiger partial charge is 0.255 e. The third kappa shape index (κ3) is 4.66. The number of amides is 2. The second-order valence-electron chi connectivity index (χ2n) is 4.95. The number of ether oxygens (including phenoxy) is 3. The van der Waals surface area contributed by atoms with Crippen molar-refractivity contribution in [1.82, 2.24) is 10.6 Å². The van der Waals surface area contributed by atoms with Crippen LogP contribution in [0.25, 0.3) is 0 Å². The number of furan rings is 1. The number of carbonyl (C=O) groups excluding carboxylic acids is 2. The van der Waals surface area contributed by atoms with E-state index in [1.54, 1.807) is 18.2 Å². The summed E-state index contributed by atoms with van der Waals surface area (Å²) in [5.74, 6) is 0.949. The molecular formula is C17H20N2O6. The van der Waals surface area contributed by atoms with Gasteiger partial charge in [0.25, 0.3) is 5.91 Å². The van der Waals surface area contributed by atoms with Crippen molar-refractivity contribution < 1.29 is 28.2 Å². The zero-order valence-electron chi connectivity index (χ0n) is 14.3. The Morgan fingerprint density at radius 3 is 2.28 bits per heavy atom. The lowest BCUT2D eigenvalue weighted by Crippen LogP contribution is -2.36. The van der Waals surface area contributed by atoms with E-state index in [0.717, 1.165) is 0 Å². The summed E-state index contributed by atoms with van der Waals surface area (Å²) in [5.41, 5.74) is 0.235. The molecule has 2 rings (SSSR count). The van der Waals surface area contributed by atoms with Crippen LogP contribution in [0.2, 0.25) is 0 Å². The predicted octanol–water partition coefficient (Wildman–Crippen LogP) is 1.35. The van der Waals surface area contributed by atoms with Crippen LogP contribution in [0, 0.1) is 0 Å². The number of methoxy groups -OCH3 is 3. The van der Waals surface area contributed by atoms with Crippen LogP contribution in [0.15, 0.2) is 34.9 Å². The molecule has 0 aliphatic rings. The molecular weight excluding hydrogens is 328 g/mol.